The van der Waals surface area contributed by atoms with E-state index in [1.54, 1.807) is 0 Å². The molecule has 0 amide bonds. The Kier molecular flexibility index (Phi) is 6.27. The van der Waals surface area contributed by atoms with E-state index in [1.165, 1.54) is 5.56 Å². The molecule has 1 atom stereocenters. The lowest BCUT2D eigenvalue weighted by Crippen LogP contribution is -2.01. The van der Waals surface area contributed by atoms with Crippen LogP contribution in [0.15, 0.2) is 18.2 Å². The van der Waals surface area contributed by atoms with Gasteiger partial charge >= 0.3 is 0 Å². The fraction of sp³-hybridized carbons (Fsp3) is 0.571. The van der Waals surface area contributed by atoms with E-state index in [0.29, 0.717) is 19.1 Å². The first kappa shape index (κ1) is 14.2. The van der Waals surface area contributed by atoms with Gasteiger partial charge in [-0.1, -0.05) is 13.0 Å². The summed E-state index contributed by atoms with van der Waals surface area (Å²) in [7, 11) is 0. The van der Waals surface area contributed by atoms with E-state index in [0.717, 1.165) is 23.7 Å². The zero-order valence-corrected chi connectivity index (χ0v) is 11.8. The summed E-state index contributed by atoms with van der Waals surface area (Å²) in [6.45, 7) is 7.49. The maximum atomic E-state index is 5.61. The molecule has 0 radical (unpaired) electrons. The molecular weight excluding hydrogens is 232 g/mol. The summed E-state index contributed by atoms with van der Waals surface area (Å²) in [6, 6.07) is 6.20. The lowest BCUT2D eigenvalue weighted by atomic mass is 9.98. The van der Waals surface area contributed by atoms with Crippen molar-refractivity contribution in [1.82, 2.24) is 0 Å². The highest BCUT2D eigenvalue weighted by atomic mass is 32.1. The van der Waals surface area contributed by atoms with Gasteiger partial charge in [0.25, 0.3) is 0 Å². The van der Waals surface area contributed by atoms with Crippen LogP contribution in [0.3, 0.4) is 0 Å². The molecule has 0 aliphatic heterocycles. The van der Waals surface area contributed by atoms with Crippen LogP contribution in [0.1, 0.15) is 38.7 Å². The summed E-state index contributed by atoms with van der Waals surface area (Å²) >= 11 is 4.28. The molecule has 1 aromatic carbocycles. The molecular formula is C14H22O2S. The van der Waals surface area contributed by atoms with Crippen molar-refractivity contribution >= 4 is 12.6 Å². The summed E-state index contributed by atoms with van der Waals surface area (Å²) < 4.78 is 11.2. The maximum Gasteiger partial charge on any atom is 0.161 e. The van der Waals surface area contributed by atoms with Crippen LogP contribution in [0.5, 0.6) is 11.5 Å². The first-order valence-electron chi connectivity index (χ1n) is 6.23. The standard InChI is InChI=1S/C14H22O2S/c1-4-15-13-7-6-12(11(3)8-9-17)10-14(13)16-5-2/h6-7,10-11,17H,4-5,8-9H2,1-3H3. The normalized spacial score (nSPS) is 12.2. The van der Waals surface area contributed by atoms with Gasteiger partial charge in [0.05, 0.1) is 13.2 Å². The largest absolute Gasteiger partial charge is 0.490 e. The first-order chi connectivity index (χ1) is 8.22. The molecule has 1 rings (SSSR count). The summed E-state index contributed by atoms with van der Waals surface area (Å²) in [6.07, 6.45) is 1.07. The Morgan fingerprint density at radius 2 is 1.76 bits per heavy atom. The molecule has 17 heavy (non-hydrogen) atoms. The molecule has 0 spiro atoms. The summed E-state index contributed by atoms with van der Waals surface area (Å²) in [5.41, 5.74) is 1.28. The second kappa shape index (κ2) is 7.49. The average Bonchev–Trinajstić information content (AvgIpc) is 2.32. The van der Waals surface area contributed by atoms with Crippen molar-refractivity contribution in [3.8, 4) is 11.5 Å². The lowest BCUT2D eigenvalue weighted by molar-refractivity contribution is 0.287. The highest BCUT2D eigenvalue weighted by Crippen LogP contribution is 2.32. The Bertz CT molecular complexity index is 339. The predicted octanol–water partition coefficient (Wildman–Crippen LogP) is 3.91. The number of ether oxygens (including phenoxy) is 2. The van der Waals surface area contributed by atoms with Crippen LogP contribution in [-0.2, 0) is 0 Å². The SMILES string of the molecule is CCOc1ccc(C(C)CCS)cc1OCC. The first-order valence-corrected chi connectivity index (χ1v) is 6.86. The van der Waals surface area contributed by atoms with Gasteiger partial charge in [0, 0.05) is 0 Å². The van der Waals surface area contributed by atoms with Gasteiger partial charge in [-0.3, -0.25) is 0 Å². The van der Waals surface area contributed by atoms with Crippen LogP contribution in [0.2, 0.25) is 0 Å². The van der Waals surface area contributed by atoms with Gasteiger partial charge in [-0.2, -0.15) is 12.6 Å². The van der Waals surface area contributed by atoms with Crippen molar-refractivity contribution in [1.29, 1.82) is 0 Å². The third-order valence-electron chi connectivity index (χ3n) is 2.70. The van der Waals surface area contributed by atoms with Gasteiger partial charge in [0.15, 0.2) is 11.5 Å². The van der Waals surface area contributed by atoms with Crippen LogP contribution < -0.4 is 9.47 Å². The van der Waals surface area contributed by atoms with Gasteiger partial charge < -0.3 is 9.47 Å². The van der Waals surface area contributed by atoms with E-state index < -0.39 is 0 Å². The topological polar surface area (TPSA) is 18.5 Å². The van der Waals surface area contributed by atoms with Crippen molar-refractivity contribution in [2.24, 2.45) is 0 Å². The highest BCUT2D eigenvalue weighted by Gasteiger charge is 2.10. The van der Waals surface area contributed by atoms with Gasteiger partial charge in [0.1, 0.15) is 0 Å². The minimum atomic E-state index is 0.502. The fourth-order valence-corrected chi connectivity index (χ4v) is 2.12. The van der Waals surface area contributed by atoms with Crippen molar-refractivity contribution < 1.29 is 9.47 Å². The number of hydrogen-bond acceptors (Lipinski definition) is 3. The van der Waals surface area contributed by atoms with E-state index in [4.69, 9.17) is 9.47 Å². The van der Waals surface area contributed by atoms with Crippen LogP contribution in [0.4, 0.5) is 0 Å². The Balaban J connectivity index is 2.91. The van der Waals surface area contributed by atoms with Crippen molar-refractivity contribution in [2.75, 3.05) is 19.0 Å². The highest BCUT2D eigenvalue weighted by molar-refractivity contribution is 7.80. The van der Waals surface area contributed by atoms with Crippen LogP contribution in [-0.4, -0.2) is 19.0 Å². The average molecular weight is 254 g/mol. The van der Waals surface area contributed by atoms with Gasteiger partial charge in [-0.25, -0.2) is 0 Å². The van der Waals surface area contributed by atoms with E-state index in [1.807, 2.05) is 19.9 Å². The minimum absolute atomic E-state index is 0.502. The minimum Gasteiger partial charge on any atom is -0.490 e. The Labute approximate surface area is 110 Å². The molecule has 0 heterocycles. The lowest BCUT2D eigenvalue weighted by Gasteiger charge is -2.15. The molecule has 2 nitrogen and oxygen atoms in total. The molecule has 0 aliphatic rings. The van der Waals surface area contributed by atoms with Crippen molar-refractivity contribution in [3.63, 3.8) is 0 Å². The summed E-state index contributed by atoms with van der Waals surface area (Å²) in [4.78, 5) is 0. The summed E-state index contributed by atoms with van der Waals surface area (Å²) in [5, 5.41) is 0. The molecule has 96 valence electrons. The summed E-state index contributed by atoms with van der Waals surface area (Å²) in [5.74, 6) is 3.08. The molecule has 0 N–H and O–H groups in total. The van der Waals surface area contributed by atoms with E-state index in [-0.39, 0.29) is 0 Å². The number of benzene rings is 1. The van der Waals surface area contributed by atoms with E-state index >= 15 is 0 Å². The molecule has 0 saturated carbocycles. The van der Waals surface area contributed by atoms with Crippen LogP contribution >= 0.6 is 12.6 Å². The van der Waals surface area contributed by atoms with E-state index in [9.17, 15) is 0 Å². The second-order valence-electron chi connectivity index (χ2n) is 3.99. The number of thiol groups is 1. The molecule has 0 bridgehead atoms. The third kappa shape index (κ3) is 4.15. The number of hydrogen-bond donors (Lipinski definition) is 1. The third-order valence-corrected chi connectivity index (χ3v) is 2.96. The monoisotopic (exact) mass is 254 g/mol. The zero-order chi connectivity index (χ0) is 12.7. The van der Waals surface area contributed by atoms with Crippen molar-refractivity contribution in [3.05, 3.63) is 23.8 Å². The number of rotatable bonds is 7. The molecule has 3 heteroatoms. The Morgan fingerprint density at radius 1 is 1.12 bits per heavy atom. The molecule has 0 saturated heterocycles. The predicted molar refractivity (Wildman–Crippen MR) is 75.7 cm³/mol. The second-order valence-corrected chi connectivity index (χ2v) is 4.43. The maximum absolute atomic E-state index is 5.61. The van der Waals surface area contributed by atoms with Gasteiger partial charge in [-0.05, 0) is 49.6 Å². The Hall–Kier alpha value is -0.830. The molecule has 1 unspecified atom stereocenters. The molecule has 1 aromatic rings. The van der Waals surface area contributed by atoms with Gasteiger partial charge in [0.2, 0.25) is 0 Å². The van der Waals surface area contributed by atoms with Gasteiger partial charge in [-0.15, -0.1) is 0 Å². The molecule has 0 aromatic heterocycles. The fourth-order valence-electron chi connectivity index (χ4n) is 1.73. The molecule has 0 aliphatic carbocycles. The smallest absolute Gasteiger partial charge is 0.161 e. The zero-order valence-electron chi connectivity index (χ0n) is 10.9. The van der Waals surface area contributed by atoms with E-state index in [2.05, 4.69) is 31.7 Å². The quantitative estimate of drug-likeness (QED) is 0.744. The van der Waals surface area contributed by atoms with Crippen LogP contribution in [0.25, 0.3) is 0 Å². The molecule has 0 fully saturated rings. The van der Waals surface area contributed by atoms with Crippen LogP contribution in [0, 0.1) is 0 Å². The van der Waals surface area contributed by atoms with Crippen molar-refractivity contribution in [2.45, 2.75) is 33.1 Å². The Morgan fingerprint density at radius 3 is 2.35 bits per heavy atom.